The first-order valence-electron chi connectivity index (χ1n) is 7.58. The highest BCUT2D eigenvalue weighted by atomic mass is 19.1. The first-order valence-corrected chi connectivity index (χ1v) is 7.58. The summed E-state index contributed by atoms with van der Waals surface area (Å²) in [6, 6.07) is 4.96. The number of nitrogens with one attached hydrogen (secondary N) is 1. The zero-order chi connectivity index (χ0) is 15.2. The van der Waals surface area contributed by atoms with Crippen LogP contribution >= 0.6 is 0 Å². The Kier molecular flexibility index (Phi) is 5.70. The van der Waals surface area contributed by atoms with Crippen LogP contribution < -0.4 is 5.32 Å². The maximum atomic E-state index is 13.8. The summed E-state index contributed by atoms with van der Waals surface area (Å²) in [5, 5.41) is 12.2. The predicted molar refractivity (Wildman–Crippen MR) is 80.0 cm³/mol. The number of halogens is 1. The number of nitrogens with zero attached hydrogens (tertiary/aromatic N) is 1. The summed E-state index contributed by atoms with van der Waals surface area (Å²) in [5.74, 6) is -1.87. The van der Waals surface area contributed by atoms with Gasteiger partial charge in [-0.25, -0.2) is 9.18 Å². The van der Waals surface area contributed by atoms with Gasteiger partial charge in [-0.3, -0.25) is 4.90 Å². The van der Waals surface area contributed by atoms with Crippen LogP contribution in [0.25, 0.3) is 0 Å². The average molecular weight is 294 g/mol. The molecule has 0 radical (unpaired) electrons. The minimum Gasteiger partial charge on any atom is -0.478 e. The molecule has 1 aromatic rings. The van der Waals surface area contributed by atoms with Gasteiger partial charge in [-0.1, -0.05) is 13.0 Å². The van der Waals surface area contributed by atoms with E-state index in [2.05, 4.69) is 17.1 Å². The van der Waals surface area contributed by atoms with E-state index in [-0.39, 0.29) is 5.56 Å². The molecule has 1 fully saturated rings. The fourth-order valence-electron chi connectivity index (χ4n) is 2.91. The molecule has 0 saturated carbocycles. The number of hydrogen-bond donors (Lipinski definition) is 2. The Bertz CT molecular complexity index is 487. The van der Waals surface area contributed by atoms with Crippen molar-refractivity contribution in [2.24, 2.45) is 0 Å². The van der Waals surface area contributed by atoms with E-state index in [0.29, 0.717) is 12.6 Å². The number of rotatable bonds is 6. The summed E-state index contributed by atoms with van der Waals surface area (Å²) in [4.78, 5) is 13.2. The summed E-state index contributed by atoms with van der Waals surface area (Å²) >= 11 is 0. The van der Waals surface area contributed by atoms with Gasteiger partial charge in [0.15, 0.2) is 0 Å². The molecule has 1 aliphatic heterocycles. The van der Waals surface area contributed by atoms with Crippen molar-refractivity contribution in [3.05, 3.63) is 35.1 Å². The second kappa shape index (κ2) is 7.52. The highest BCUT2D eigenvalue weighted by Gasteiger charge is 2.21. The maximum absolute atomic E-state index is 13.8. The minimum absolute atomic E-state index is 0.261. The number of carbonyl (C=O) groups is 1. The molecule has 1 aromatic carbocycles. The van der Waals surface area contributed by atoms with E-state index >= 15 is 0 Å². The molecule has 0 aliphatic carbocycles. The molecule has 0 amide bonds. The smallest absolute Gasteiger partial charge is 0.338 e. The molecule has 1 aliphatic rings. The number of hydrogen-bond acceptors (Lipinski definition) is 3. The molecule has 0 aromatic heterocycles. The third-order valence-electron chi connectivity index (χ3n) is 3.99. The van der Waals surface area contributed by atoms with Gasteiger partial charge in [0.1, 0.15) is 5.82 Å². The van der Waals surface area contributed by atoms with Gasteiger partial charge in [-0.15, -0.1) is 0 Å². The van der Waals surface area contributed by atoms with Gasteiger partial charge in [0.05, 0.1) is 5.56 Å². The minimum atomic E-state index is -1.22. The van der Waals surface area contributed by atoms with Crippen molar-refractivity contribution in [3.8, 4) is 0 Å². The molecule has 116 valence electrons. The van der Waals surface area contributed by atoms with Crippen LogP contribution in [0.1, 0.15) is 42.1 Å². The number of piperidine rings is 1. The van der Waals surface area contributed by atoms with Crippen molar-refractivity contribution >= 4 is 5.97 Å². The van der Waals surface area contributed by atoms with E-state index < -0.39 is 11.8 Å². The Labute approximate surface area is 125 Å². The van der Waals surface area contributed by atoms with Crippen molar-refractivity contribution in [1.29, 1.82) is 0 Å². The van der Waals surface area contributed by atoms with Gasteiger partial charge in [0.25, 0.3) is 0 Å². The van der Waals surface area contributed by atoms with Gasteiger partial charge >= 0.3 is 5.97 Å². The number of benzene rings is 1. The van der Waals surface area contributed by atoms with Crippen LogP contribution in [0.15, 0.2) is 18.2 Å². The van der Waals surface area contributed by atoms with Crippen LogP contribution in [0.5, 0.6) is 0 Å². The molecule has 1 heterocycles. The van der Waals surface area contributed by atoms with Crippen LogP contribution in [-0.2, 0) is 6.54 Å². The molecule has 0 spiro atoms. The van der Waals surface area contributed by atoms with E-state index in [4.69, 9.17) is 5.11 Å². The monoisotopic (exact) mass is 294 g/mol. The molecular formula is C16H23FN2O2. The highest BCUT2D eigenvalue weighted by Crippen LogP contribution is 2.18. The van der Waals surface area contributed by atoms with E-state index in [0.717, 1.165) is 44.5 Å². The van der Waals surface area contributed by atoms with Gasteiger partial charge in [0, 0.05) is 12.6 Å². The van der Waals surface area contributed by atoms with Gasteiger partial charge in [0.2, 0.25) is 0 Å². The number of aromatic carboxylic acids is 1. The molecule has 0 unspecified atom stereocenters. The second-order valence-corrected chi connectivity index (χ2v) is 5.57. The van der Waals surface area contributed by atoms with Gasteiger partial charge < -0.3 is 10.4 Å². The van der Waals surface area contributed by atoms with E-state index in [1.807, 2.05) is 0 Å². The van der Waals surface area contributed by atoms with E-state index in [9.17, 15) is 9.18 Å². The Morgan fingerprint density at radius 1 is 1.43 bits per heavy atom. The topological polar surface area (TPSA) is 52.6 Å². The third kappa shape index (κ3) is 4.25. The Morgan fingerprint density at radius 3 is 2.71 bits per heavy atom. The van der Waals surface area contributed by atoms with Crippen LogP contribution in [0.3, 0.4) is 0 Å². The van der Waals surface area contributed by atoms with Crippen molar-refractivity contribution < 1.29 is 14.3 Å². The average Bonchev–Trinajstić information content (AvgIpc) is 2.47. The standard InChI is InChI=1S/C16H23FN2O2/c1-2-9-19(13-5-7-18-8-6-13)11-12-3-4-14(16(20)21)15(17)10-12/h3-4,10,13,18H,2,5-9,11H2,1H3,(H,20,21). The zero-order valence-electron chi connectivity index (χ0n) is 12.4. The van der Waals surface area contributed by atoms with Gasteiger partial charge in [-0.2, -0.15) is 0 Å². The molecule has 4 nitrogen and oxygen atoms in total. The lowest BCUT2D eigenvalue weighted by Gasteiger charge is -2.34. The SMILES string of the molecule is CCCN(Cc1ccc(C(=O)O)c(F)c1)C1CCNCC1. The summed E-state index contributed by atoms with van der Waals surface area (Å²) < 4.78 is 13.8. The quantitative estimate of drug-likeness (QED) is 0.846. The fourth-order valence-corrected chi connectivity index (χ4v) is 2.91. The third-order valence-corrected chi connectivity index (χ3v) is 3.99. The molecule has 2 rings (SSSR count). The first-order chi connectivity index (χ1) is 10.1. The lowest BCUT2D eigenvalue weighted by atomic mass is 10.0. The lowest BCUT2D eigenvalue weighted by Crippen LogP contribution is -2.43. The number of carboxylic acid groups (broad SMARTS) is 1. The van der Waals surface area contributed by atoms with Crippen molar-refractivity contribution in [3.63, 3.8) is 0 Å². The number of carboxylic acids is 1. The van der Waals surface area contributed by atoms with Crippen LogP contribution in [-0.4, -0.2) is 41.7 Å². The van der Waals surface area contributed by atoms with E-state index in [1.54, 1.807) is 6.07 Å². The maximum Gasteiger partial charge on any atom is 0.338 e. The highest BCUT2D eigenvalue weighted by molar-refractivity contribution is 5.87. The molecule has 1 saturated heterocycles. The van der Waals surface area contributed by atoms with Gasteiger partial charge in [-0.05, 0) is 56.6 Å². The van der Waals surface area contributed by atoms with Crippen molar-refractivity contribution in [2.45, 2.75) is 38.8 Å². The Morgan fingerprint density at radius 2 is 2.14 bits per heavy atom. The van der Waals surface area contributed by atoms with Crippen molar-refractivity contribution in [1.82, 2.24) is 10.2 Å². The summed E-state index contributed by atoms with van der Waals surface area (Å²) in [7, 11) is 0. The molecule has 5 heteroatoms. The molecule has 2 N–H and O–H groups in total. The van der Waals surface area contributed by atoms with Crippen LogP contribution in [0.4, 0.5) is 4.39 Å². The summed E-state index contributed by atoms with van der Waals surface area (Å²) in [6.45, 7) is 5.85. The summed E-state index contributed by atoms with van der Waals surface area (Å²) in [6.07, 6.45) is 3.27. The largest absolute Gasteiger partial charge is 0.478 e. The molecule has 0 bridgehead atoms. The predicted octanol–water partition coefficient (Wildman–Crippen LogP) is 2.49. The molecular weight excluding hydrogens is 271 g/mol. The van der Waals surface area contributed by atoms with Crippen LogP contribution in [0.2, 0.25) is 0 Å². The van der Waals surface area contributed by atoms with Crippen LogP contribution in [0, 0.1) is 5.82 Å². The molecule has 21 heavy (non-hydrogen) atoms. The van der Waals surface area contributed by atoms with Crippen molar-refractivity contribution in [2.75, 3.05) is 19.6 Å². The molecule has 0 atom stereocenters. The van der Waals surface area contributed by atoms with E-state index in [1.165, 1.54) is 12.1 Å². The fraction of sp³-hybridized carbons (Fsp3) is 0.562. The Hall–Kier alpha value is -1.46. The first kappa shape index (κ1) is 15.9. The zero-order valence-corrected chi connectivity index (χ0v) is 12.4. The summed E-state index contributed by atoms with van der Waals surface area (Å²) in [5.41, 5.74) is 0.576. The Balaban J connectivity index is 2.09. The lowest BCUT2D eigenvalue weighted by molar-refractivity contribution is 0.0692. The second-order valence-electron chi connectivity index (χ2n) is 5.57. The normalized spacial score (nSPS) is 16.3.